The molecule has 1 aromatic rings. The number of aliphatic hydroxyl groups is 1. The zero-order valence-electron chi connectivity index (χ0n) is 13.8. The first-order chi connectivity index (χ1) is 11.6. The maximum absolute atomic E-state index is 13.6. The van der Waals surface area contributed by atoms with E-state index in [4.69, 9.17) is 0 Å². The number of benzene rings is 1. The number of halogens is 4. The molecule has 2 atom stereocenters. The highest BCUT2D eigenvalue weighted by atomic mass is 19.4. The molecule has 0 aromatic heterocycles. The molecule has 0 spiro atoms. The average molecular weight is 363 g/mol. The Kier molecular flexibility index (Phi) is 5.73. The van der Waals surface area contributed by atoms with E-state index in [1.54, 1.807) is 4.90 Å². The highest BCUT2D eigenvalue weighted by Crippen LogP contribution is 2.37. The third-order valence-electron chi connectivity index (χ3n) is 4.81. The lowest BCUT2D eigenvalue weighted by Gasteiger charge is -2.42. The lowest BCUT2D eigenvalue weighted by Crippen LogP contribution is -2.54. The van der Waals surface area contributed by atoms with Crippen LogP contribution in [-0.2, 0) is 17.5 Å². The molecule has 1 heterocycles. The second-order valence-electron chi connectivity index (χ2n) is 6.52. The van der Waals surface area contributed by atoms with E-state index in [0.29, 0.717) is 31.0 Å². The summed E-state index contributed by atoms with van der Waals surface area (Å²) in [6.07, 6.45) is -4.62. The van der Waals surface area contributed by atoms with Crippen LogP contribution in [0.2, 0.25) is 0 Å². The van der Waals surface area contributed by atoms with Gasteiger partial charge in [0.05, 0.1) is 17.1 Å². The third-order valence-corrected chi connectivity index (χ3v) is 4.81. The summed E-state index contributed by atoms with van der Waals surface area (Å²) in [5, 5.41) is 19.8. The molecule has 140 valence electrons. The molecular formula is C17H21F4NO3. The van der Waals surface area contributed by atoms with E-state index >= 15 is 0 Å². The quantitative estimate of drug-likeness (QED) is 0.789. The molecule has 0 aliphatic carbocycles. The first-order valence-corrected chi connectivity index (χ1v) is 8.09. The zero-order chi connectivity index (χ0) is 18.8. The van der Waals surface area contributed by atoms with Crippen molar-refractivity contribution in [2.24, 2.45) is 5.41 Å². The van der Waals surface area contributed by atoms with E-state index in [1.165, 1.54) is 6.07 Å². The molecule has 1 aliphatic rings. The molecule has 1 aliphatic heterocycles. The fourth-order valence-corrected chi connectivity index (χ4v) is 3.42. The van der Waals surface area contributed by atoms with Crippen LogP contribution in [0, 0.1) is 11.2 Å². The fraction of sp³-hybridized carbons (Fsp3) is 0.588. The SMILES string of the molecule is CCC[C@]1(C(=O)O)CCN(Cc2ccc(C(F)(F)F)c(F)c2)C[C@@H]1O. The highest BCUT2D eigenvalue weighted by Gasteiger charge is 2.47. The van der Waals surface area contributed by atoms with Crippen molar-refractivity contribution in [2.45, 2.75) is 45.0 Å². The van der Waals surface area contributed by atoms with Crippen LogP contribution in [0.4, 0.5) is 17.6 Å². The molecule has 4 nitrogen and oxygen atoms in total. The second-order valence-corrected chi connectivity index (χ2v) is 6.52. The minimum Gasteiger partial charge on any atom is -0.481 e. The minimum atomic E-state index is -4.74. The topological polar surface area (TPSA) is 60.8 Å². The van der Waals surface area contributed by atoms with Crippen LogP contribution in [0.15, 0.2) is 18.2 Å². The van der Waals surface area contributed by atoms with Gasteiger partial charge in [0.1, 0.15) is 5.82 Å². The number of piperidine rings is 1. The van der Waals surface area contributed by atoms with Crippen molar-refractivity contribution in [3.8, 4) is 0 Å². The van der Waals surface area contributed by atoms with Gasteiger partial charge in [0, 0.05) is 13.1 Å². The molecule has 2 N–H and O–H groups in total. The first kappa shape index (κ1) is 19.7. The largest absolute Gasteiger partial charge is 0.481 e. The van der Waals surface area contributed by atoms with E-state index in [1.807, 2.05) is 6.92 Å². The second kappa shape index (κ2) is 7.29. The Bertz CT molecular complexity index is 635. The van der Waals surface area contributed by atoms with Gasteiger partial charge in [-0.15, -0.1) is 0 Å². The van der Waals surface area contributed by atoms with E-state index in [-0.39, 0.29) is 19.5 Å². The maximum atomic E-state index is 13.6. The molecule has 2 rings (SSSR count). The van der Waals surface area contributed by atoms with Crippen LogP contribution in [0.25, 0.3) is 0 Å². The van der Waals surface area contributed by atoms with Gasteiger partial charge < -0.3 is 10.2 Å². The van der Waals surface area contributed by atoms with Crippen molar-refractivity contribution in [3.63, 3.8) is 0 Å². The Morgan fingerprint density at radius 3 is 2.56 bits per heavy atom. The lowest BCUT2D eigenvalue weighted by molar-refractivity contribution is -0.164. The van der Waals surface area contributed by atoms with Gasteiger partial charge in [-0.2, -0.15) is 13.2 Å². The number of hydrogen-bond donors (Lipinski definition) is 2. The third kappa shape index (κ3) is 4.12. The number of hydrogen-bond acceptors (Lipinski definition) is 3. The van der Waals surface area contributed by atoms with Crippen molar-refractivity contribution in [2.75, 3.05) is 13.1 Å². The number of carboxylic acids is 1. The summed E-state index contributed by atoms with van der Waals surface area (Å²) in [4.78, 5) is 13.3. The Morgan fingerprint density at radius 2 is 2.08 bits per heavy atom. The number of nitrogens with zero attached hydrogens (tertiary/aromatic N) is 1. The van der Waals surface area contributed by atoms with Crippen LogP contribution in [0.3, 0.4) is 0 Å². The summed E-state index contributed by atoms with van der Waals surface area (Å²) < 4.78 is 51.4. The van der Waals surface area contributed by atoms with Crippen molar-refractivity contribution >= 4 is 5.97 Å². The molecule has 0 unspecified atom stereocenters. The Hall–Kier alpha value is -1.67. The van der Waals surface area contributed by atoms with Crippen LogP contribution < -0.4 is 0 Å². The number of β-amino-alcohol motifs (C(OH)–C–C–N with tert-alkyl or cyclic N) is 1. The molecule has 1 saturated heterocycles. The maximum Gasteiger partial charge on any atom is 0.419 e. The summed E-state index contributed by atoms with van der Waals surface area (Å²) in [6.45, 7) is 2.43. The minimum absolute atomic E-state index is 0.0783. The standard InChI is InChI=1S/C17H21F4NO3/c1-2-5-16(15(24)25)6-7-22(10-14(16)23)9-11-3-4-12(13(18)8-11)17(19,20)21/h3-4,8,14,23H,2,5-7,9-10H2,1H3,(H,24,25)/t14-,16-/m0/s1. The van der Waals surface area contributed by atoms with E-state index in [0.717, 1.165) is 6.07 Å². The first-order valence-electron chi connectivity index (χ1n) is 8.09. The van der Waals surface area contributed by atoms with Crippen molar-refractivity contribution in [3.05, 3.63) is 35.1 Å². The average Bonchev–Trinajstić information content (AvgIpc) is 2.48. The summed E-state index contributed by atoms with van der Waals surface area (Å²) >= 11 is 0. The Balaban J connectivity index is 2.09. The highest BCUT2D eigenvalue weighted by molar-refractivity contribution is 5.75. The number of likely N-dealkylation sites (tertiary alicyclic amines) is 1. The Morgan fingerprint density at radius 1 is 1.40 bits per heavy atom. The van der Waals surface area contributed by atoms with Crippen LogP contribution in [0.5, 0.6) is 0 Å². The summed E-state index contributed by atoms with van der Waals surface area (Å²) in [5.41, 5.74) is -2.17. The predicted molar refractivity (Wildman–Crippen MR) is 82.3 cm³/mol. The van der Waals surface area contributed by atoms with E-state index < -0.39 is 35.0 Å². The number of aliphatic carboxylic acids is 1. The smallest absolute Gasteiger partial charge is 0.419 e. The monoisotopic (exact) mass is 363 g/mol. The number of carbonyl (C=O) groups is 1. The van der Waals surface area contributed by atoms with Gasteiger partial charge >= 0.3 is 12.1 Å². The van der Waals surface area contributed by atoms with Gasteiger partial charge in [0.15, 0.2) is 0 Å². The number of alkyl halides is 3. The molecule has 1 aromatic carbocycles. The molecule has 1 fully saturated rings. The van der Waals surface area contributed by atoms with Crippen LogP contribution in [0.1, 0.15) is 37.3 Å². The van der Waals surface area contributed by atoms with Gasteiger partial charge in [-0.3, -0.25) is 9.69 Å². The molecule has 0 amide bonds. The Labute approximate surface area is 143 Å². The van der Waals surface area contributed by atoms with Crippen molar-refractivity contribution < 1.29 is 32.6 Å². The van der Waals surface area contributed by atoms with Crippen molar-refractivity contribution in [1.29, 1.82) is 0 Å². The van der Waals surface area contributed by atoms with E-state index in [2.05, 4.69) is 0 Å². The molecule has 0 radical (unpaired) electrons. The molecule has 0 bridgehead atoms. The normalized spacial score (nSPS) is 25.1. The lowest BCUT2D eigenvalue weighted by atomic mass is 9.73. The predicted octanol–water partition coefficient (Wildman–Crippen LogP) is 3.28. The van der Waals surface area contributed by atoms with Gasteiger partial charge in [0.25, 0.3) is 0 Å². The molecular weight excluding hydrogens is 342 g/mol. The molecule has 8 heteroatoms. The number of carboxylic acid groups (broad SMARTS) is 1. The zero-order valence-corrected chi connectivity index (χ0v) is 13.8. The van der Waals surface area contributed by atoms with Gasteiger partial charge in [-0.05, 0) is 37.1 Å². The molecule has 25 heavy (non-hydrogen) atoms. The van der Waals surface area contributed by atoms with Crippen LogP contribution >= 0.6 is 0 Å². The summed E-state index contributed by atoms with van der Waals surface area (Å²) in [7, 11) is 0. The van der Waals surface area contributed by atoms with E-state index in [9.17, 15) is 32.6 Å². The summed E-state index contributed by atoms with van der Waals surface area (Å²) in [5.74, 6) is -2.38. The fourth-order valence-electron chi connectivity index (χ4n) is 3.42. The van der Waals surface area contributed by atoms with Gasteiger partial charge in [-0.25, -0.2) is 4.39 Å². The van der Waals surface area contributed by atoms with Crippen LogP contribution in [-0.4, -0.2) is 40.3 Å². The van der Waals surface area contributed by atoms with Gasteiger partial charge in [-0.1, -0.05) is 19.4 Å². The number of aliphatic hydroxyl groups excluding tert-OH is 1. The van der Waals surface area contributed by atoms with Gasteiger partial charge in [0.2, 0.25) is 0 Å². The molecule has 0 saturated carbocycles. The summed E-state index contributed by atoms with van der Waals surface area (Å²) in [6, 6.07) is 2.73. The number of rotatable bonds is 5. The van der Waals surface area contributed by atoms with Crippen molar-refractivity contribution in [1.82, 2.24) is 4.90 Å².